The maximum atomic E-state index is 12.4. The molecule has 1 unspecified atom stereocenters. The van der Waals surface area contributed by atoms with Gasteiger partial charge in [0.2, 0.25) is 0 Å². The molecule has 2 aromatic carbocycles. The van der Waals surface area contributed by atoms with Crippen molar-refractivity contribution in [3.8, 4) is 22.4 Å². The van der Waals surface area contributed by atoms with Gasteiger partial charge in [0.05, 0.1) is 6.42 Å². The molecule has 1 radical (unpaired) electrons. The molecule has 0 aliphatic carbocycles. The fourth-order valence-corrected chi connectivity index (χ4v) is 4.92. The van der Waals surface area contributed by atoms with Crippen LogP contribution in [0.2, 0.25) is 0 Å². The summed E-state index contributed by atoms with van der Waals surface area (Å²) in [5.74, 6) is -1.52. The van der Waals surface area contributed by atoms with E-state index in [1.165, 1.54) is 0 Å². The van der Waals surface area contributed by atoms with E-state index in [-0.39, 0.29) is 25.3 Å². The van der Waals surface area contributed by atoms with Crippen LogP contribution in [0.25, 0.3) is 28.5 Å². The largest absolute Gasteiger partial charge is 0.396 e. The fraction of sp³-hybridized carbons (Fsp3) is 0.179. The summed E-state index contributed by atoms with van der Waals surface area (Å²) in [6, 6.07) is 22.8. The quantitative estimate of drug-likeness (QED) is 0.394. The Morgan fingerprint density at radius 1 is 0.944 bits per heavy atom. The van der Waals surface area contributed by atoms with E-state index < -0.39 is 17.8 Å². The Kier molecular flexibility index (Phi) is 5.56. The van der Waals surface area contributed by atoms with E-state index in [2.05, 4.69) is 65.4 Å². The molecule has 0 bridgehead atoms. The van der Waals surface area contributed by atoms with Crippen LogP contribution in [-0.2, 0) is 19.2 Å². The zero-order valence-corrected chi connectivity index (χ0v) is 19.5. The second-order valence-corrected chi connectivity index (χ2v) is 9.03. The minimum absolute atomic E-state index is 0.0480. The SMILES string of the molecule is O=C(CCC1C=CC2=Cc3c(-c4ccccc4)cc(-c4ccccc4)n3[B]N21)ON1C(=O)CCC1=O. The molecule has 4 heterocycles. The molecular formula is C28H23BN3O4. The van der Waals surface area contributed by atoms with Crippen molar-refractivity contribution in [2.45, 2.75) is 31.7 Å². The maximum Gasteiger partial charge on any atom is 0.396 e. The van der Waals surface area contributed by atoms with Crippen molar-refractivity contribution in [3.05, 3.63) is 90.3 Å². The molecular weight excluding hydrogens is 453 g/mol. The van der Waals surface area contributed by atoms with Crippen molar-refractivity contribution in [3.63, 3.8) is 0 Å². The van der Waals surface area contributed by atoms with E-state index in [1.807, 2.05) is 36.4 Å². The van der Waals surface area contributed by atoms with Crippen molar-refractivity contribution in [2.24, 2.45) is 0 Å². The average molecular weight is 476 g/mol. The highest BCUT2D eigenvalue weighted by atomic mass is 16.7. The number of nitrogens with zero attached hydrogens (tertiary/aromatic N) is 3. The third kappa shape index (κ3) is 3.94. The molecule has 3 aliphatic heterocycles. The summed E-state index contributed by atoms with van der Waals surface area (Å²) in [6.45, 7) is 0. The molecule has 177 valence electrons. The summed E-state index contributed by atoms with van der Waals surface area (Å²) in [5, 5.41) is 0.606. The normalized spacial score (nSPS) is 18.1. The molecule has 36 heavy (non-hydrogen) atoms. The summed E-state index contributed by atoms with van der Waals surface area (Å²) < 4.78 is 2.20. The molecule has 8 heteroatoms. The molecule has 7 nitrogen and oxygen atoms in total. The van der Waals surface area contributed by atoms with Crippen molar-refractivity contribution >= 4 is 31.4 Å². The number of fused-ring (bicyclic) bond motifs is 2. The Hall–Kier alpha value is -4.33. The number of benzene rings is 2. The molecule has 1 aromatic heterocycles. The second kappa shape index (κ2) is 9.04. The first-order chi connectivity index (χ1) is 17.6. The monoisotopic (exact) mass is 476 g/mol. The van der Waals surface area contributed by atoms with Crippen LogP contribution in [0.4, 0.5) is 0 Å². The van der Waals surface area contributed by atoms with Gasteiger partial charge >= 0.3 is 13.5 Å². The van der Waals surface area contributed by atoms with Crippen LogP contribution in [0.15, 0.2) is 84.6 Å². The van der Waals surface area contributed by atoms with Crippen LogP contribution in [0, 0.1) is 0 Å². The first-order valence-corrected chi connectivity index (χ1v) is 12.0. The first kappa shape index (κ1) is 22.2. The topological polar surface area (TPSA) is 71.8 Å². The number of allylic oxidation sites excluding steroid dienone is 1. The van der Waals surface area contributed by atoms with Crippen molar-refractivity contribution in [2.75, 3.05) is 0 Å². The van der Waals surface area contributed by atoms with Crippen LogP contribution in [0.1, 0.15) is 31.4 Å². The molecule has 1 fully saturated rings. The van der Waals surface area contributed by atoms with Gasteiger partial charge < -0.3 is 14.1 Å². The molecule has 0 saturated carbocycles. The molecule has 0 spiro atoms. The zero-order chi connectivity index (χ0) is 24.6. The van der Waals surface area contributed by atoms with Gasteiger partial charge in [0.25, 0.3) is 11.8 Å². The van der Waals surface area contributed by atoms with Gasteiger partial charge in [0.1, 0.15) is 0 Å². The molecule has 1 saturated heterocycles. The number of hydrogen-bond acceptors (Lipinski definition) is 5. The van der Waals surface area contributed by atoms with Crippen molar-refractivity contribution < 1.29 is 19.2 Å². The summed E-state index contributed by atoms with van der Waals surface area (Å²) in [6.07, 6.45) is 7.05. The summed E-state index contributed by atoms with van der Waals surface area (Å²) in [7, 11) is 2.09. The summed E-state index contributed by atoms with van der Waals surface area (Å²) >= 11 is 0. The third-order valence-corrected chi connectivity index (χ3v) is 6.74. The number of rotatable bonds is 6. The van der Waals surface area contributed by atoms with Gasteiger partial charge in [-0.25, -0.2) is 4.79 Å². The van der Waals surface area contributed by atoms with Crippen LogP contribution < -0.4 is 0 Å². The number of hydroxylamine groups is 2. The lowest BCUT2D eigenvalue weighted by Crippen LogP contribution is -2.40. The minimum Gasteiger partial charge on any atom is -0.392 e. The predicted molar refractivity (Wildman–Crippen MR) is 136 cm³/mol. The number of carbonyl (C=O) groups excluding carboxylic acids is 3. The van der Waals surface area contributed by atoms with E-state index in [4.69, 9.17) is 4.84 Å². The lowest BCUT2D eigenvalue weighted by molar-refractivity contribution is -0.197. The summed E-state index contributed by atoms with van der Waals surface area (Å²) in [4.78, 5) is 43.0. The highest BCUT2D eigenvalue weighted by Crippen LogP contribution is 2.38. The zero-order valence-electron chi connectivity index (χ0n) is 19.5. The Labute approximate surface area is 209 Å². The first-order valence-electron chi connectivity index (χ1n) is 12.0. The number of imide groups is 1. The Bertz CT molecular complexity index is 1400. The highest BCUT2D eigenvalue weighted by molar-refractivity contribution is 6.34. The molecule has 3 aromatic rings. The third-order valence-electron chi connectivity index (χ3n) is 6.74. The average Bonchev–Trinajstić information content (AvgIpc) is 3.58. The van der Waals surface area contributed by atoms with Gasteiger partial charge in [-0.05, 0) is 35.8 Å². The van der Waals surface area contributed by atoms with E-state index >= 15 is 0 Å². The van der Waals surface area contributed by atoms with Crippen LogP contribution in [0.3, 0.4) is 0 Å². The van der Waals surface area contributed by atoms with Gasteiger partial charge in [0, 0.05) is 41.5 Å². The van der Waals surface area contributed by atoms with Gasteiger partial charge in [0.15, 0.2) is 0 Å². The molecule has 2 amide bonds. The van der Waals surface area contributed by atoms with Gasteiger partial charge in [-0.1, -0.05) is 66.7 Å². The second-order valence-electron chi connectivity index (χ2n) is 9.03. The molecule has 0 N–H and O–H groups in total. The number of carbonyl (C=O) groups is 3. The Balaban J connectivity index is 1.25. The van der Waals surface area contributed by atoms with E-state index in [0.29, 0.717) is 11.5 Å². The smallest absolute Gasteiger partial charge is 0.392 e. The number of hydrogen-bond donors (Lipinski definition) is 0. The van der Waals surface area contributed by atoms with Gasteiger partial charge in [-0.2, -0.15) is 0 Å². The van der Waals surface area contributed by atoms with Gasteiger partial charge in [-0.3, -0.25) is 9.59 Å². The fourth-order valence-electron chi connectivity index (χ4n) is 4.92. The lowest BCUT2D eigenvalue weighted by Gasteiger charge is -2.32. The van der Waals surface area contributed by atoms with Crippen molar-refractivity contribution in [1.82, 2.24) is 14.4 Å². The summed E-state index contributed by atoms with van der Waals surface area (Å²) in [5.41, 5.74) is 6.63. The Morgan fingerprint density at radius 3 is 2.31 bits per heavy atom. The maximum absolute atomic E-state index is 12.4. The van der Waals surface area contributed by atoms with Crippen LogP contribution >= 0.6 is 0 Å². The van der Waals surface area contributed by atoms with E-state index in [1.54, 1.807) is 0 Å². The number of aromatic nitrogens is 1. The molecule has 3 aliphatic rings. The van der Waals surface area contributed by atoms with E-state index in [9.17, 15) is 14.4 Å². The van der Waals surface area contributed by atoms with Gasteiger partial charge in [-0.15, -0.1) is 5.06 Å². The van der Waals surface area contributed by atoms with Crippen LogP contribution in [0.5, 0.6) is 0 Å². The molecule has 1 atom stereocenters. The van der Waals surface area contributed by atoms with E-state index in [0.717, 1.165) is 33.8 Å². The standard InChI is InChI=1S/C28H23BN3O4/c33-26-14-15-27(34)32(26)36-28(35)16-13-21-11-12-22-17-25-23(19-7-3-1-4-8-19)18-24(31(25)29-30(21)22)20-9-5-2-6-10-20/h1-12,17-18,21H,13-16H2. The molecule has 6 rings (SSSR count). The minimum atomic E-state index is -0.584. The van der Waals surface area contributed by atoms with Crippen LogP contribution in [-0.4, -0.2) is 45.7 Å². The number of amides is 2. The Morgan fingerprint density at radius 2 is 1.61 bits per heavy atom. The van der Waals surface area contributed by atoms with Crippen molar-refractivity contribution in [1.29, 1.82) is 0 Å². The highest BCUT2D eigenvalue weighted by Gasteiger charge is 2.34. The lowest BCUT2D eigenvalue weighted by atomic mass is 9.95. The predicted octanol–water partition coefficient (Wildman–Crippen LogP) is 4.19.